The molecule has 43 valence electrons. The van der Waals surface area contributed by atoms with E-state index in [1.807, 2.05) is 0 Å². The van der Waals surface area contributed by atoms with Gasteiger partial charge in [0.15, 0.2) is 0 Å². The standard InChI is InChI=1S/La.Mg.H4O4Si.Sr.4H/c;;1-5(2,3)4;;;;;/h;;1-4H;;;;;. The van der Waals surface area contributed by atoms with Gasteiger partial charge in [0.25, 0.3) is 0 Å². The Morgan fingerprint density at radius 1 is 0.875 bits per heavy atom. The van der Waals surface area contributed by atoms with Crippen molar-refractivity contribution in [3.63, 3.8) is 0 Å². The van der Waals surface area contributed by atoms with Gasteiger partial charge in [-0.25, -0.2) is 0 Å². The van der Waals surface area contributed by atoms with Crippen LogP contribution in [0.5, 0.6) is 0 Å². The summed E-state index contributed by atoms with van der Waals surface area (Å²) >= 11 is 0. The van der Waals surface area contributed by atoms with Crippen LogP contribution in [0, 0.1) is 35.6 Å². The molecule has 0 unspecified atom stereocenters. The Morgan fingerprint density at radius 3 is 0.875 bits per heavy atom. The van der Waals surface area contributed by atoms with Crippen molar-refractivity contribution in [3.8, 4) is 0 Å². The molecule has 0 bridgehead atoms. The predicted molar refractivity (Wildman–Crippen MR) is 31.7 cm³/mol. The van der Waals surface area contributed by atoms with Crippen LogP contribution < -0.4 is 0 Å². The summed E-state index contributed by atoms with van der Waals surface area (Å²) < 4.78 is 0. The van der Waals surface area contributed by atoms with Crippen molar-refractivity contribution in [2.24, 2.45) is 0 Å². The Bertz CT molecular complexity index is 31.5. The van der Waals surface area contributed by atoms with Crippen molar-refractivity contribution >= 4 is 77.6 Å². The molecule has 4 nitrogen and oxygen atoms in total. The van der Waals surface area contributed by atoms with Gasteiger partial charge in [0.2, 0.25) is 0 Å². The fourth-order valence-corrected chi connectivity index (χ4v) is 0. The third-order valence-electron chi connectivity index (χ3n) is 0. The zero-order valence-electron chi connectivity index (χ0n) is 2.87. The zero-order valence-corrected chi connectivity index (χ0v) is 7.49. The van der Waals surface area contributed by atoms with E-state index < -0.39 is 9.05 Å². The molecule has 0 saturated carbocycles. The Labute approximate surface area is 129 Å². The van der Waals surface area contributed by atoms with Gasteiger partial charge in [-0.05, 0) is 0 Å². The molecule has 8 heavy (non-hydrogen) atoms. The molecule has 0 aromatic heterocycles. The number of hydrogen-bond donors (Lipinski definition) is 4. The summed E-state index contributed by atoms with van der Waals surface area (Å²) in [7, 11) is -4.61. The Morgan fingerprint density at radius 2 is 0.875 bits per heavy atom. The molecule has 1 radical (unpaired) electrons. The molecular formula is H8LaMgO4SiSr. The van der Waals surface area contributed by atoms with E-state index in [-0.39, 0.29) is 104 Å². The van der Waals surface area contributed by atoms with Crippen LogP contribution in [-0.2, 0) is 0 Å². The van der Waals surface area contributed by atoms with Gasteiger partial charge >= 0.3 is 77.6 Å². The van der Waals surface area contributed by atoms with Gasteiger partial charge in [-0.3, -0.25) is 0 Å². The van der Waals surface area contributed by atoms with Crippen LogP contribution in [0.3, 0.4) is 0 Å². The van der Waals surface area contributed by atoms with Gasteiger partial charge in [0, 0.05) is 35.6 Å². The van der Waals surface area contributed by atoms with Crippen LogP contribution >= 0.6 is 0 Å². The summed E-state index contributed by atoms with van der Waals surface area (Å²) in [5.41, 5.74) is 0. The molecule has 0 heterocycles. The first kappa shape index (κ1) is 22.5. The van der Waals surface area contributed by atoms with E-state index in [4.69, 9.17) is 19.2 Å². The summed E-state index contributed by atoms with van der Waals surface area (Å²) in [6, 6.07) is 0. The fraction of sp³-hybridized carbons (Fsp3) is 0. The first-order chi connectivity index (χ1) is 2.00. The second-order valence-electron chi connectivity index (χ2n) is 0.600. The molecule has 0 fully saturated rings. The summed E-state index contributed by atoms with van der Waals surface area (Å²) in [6.45, 7) is 0. The normalized spacial score (nSPS) is 7.50. The molecule has 0 saturated heterocycles. The van der Waals surface area contributed by atoms with Crippen molar-refractivity contribution in [1.82, 2.24) is 0 Å². The Balaban J connectivity index is -0.0000000267. The van der Waals surface area contributed by atoms with Crippen LogP contribution in [0.15, 0.2) is 0 Å². The molecule has 0 aromatic rings. The second kappa shape index (κ2) is 10.5. The number of rotatable bonds is 0. The molecule has 0 atom stereocenters. The van der Waals surface area contributed by atoms with E-state index >= 15 is 0 Å². The van der Waals surface area contributed by atoms with Gasteiger partial charge in [-0.15, -0.1) is 0 Å². The van der Waals surface area contributed by atoms with Gasteiger partial charge in [0.05, 0.1) is 0 Å². The van der Waals surface area contributed by atoms with Crippen LogP contribution in [0.1, 0.15) is 0 Å². The molecule has 0 aliphatic rings. The minimum atomic E-state index is -4.61. The van der Waals surface area contributed by atoms with Crippen molar-refractivity contribution < 1.29 is 54.8 Å². The molecule has 0 aliphatic carbocycles. The molecule has 0 rings (SSSR count). The third-order valence-corrected chi connectivity index (χ3v) is 0. The maximum absolute atomic E-state index is 7.33. The van der Waals surface area contributed by atoms with E-state index in [9.17, 15) is 0 Å². The van der Waals surface area contributed by atoms with Crippen LogP contribution in [0.4, 0.5) is 0 Å². The molecule has 0 spiro atoms. The maximum atomic E-state index is 7.33. The van der Waals surface area contributed by atoms with Crippen LogP contribution in [0.25, 0.3) is 0 Å². The first-order valence-corrected chi connectivity index (χ1v) is 2.68. The summed E-state index contributed by atoms with van der Waals surface area (Å²) in [5.74, 6) is 0. The van der Waals surface area contributed by atoms with E-state index in [0.29, 0.717) is 0 Å². The van der Waals surface area contributed by atoms with Crippen molar-refractivity contribution in [2.45, 2.75) is 0 Å². The van der Waals surface area contributed by atoms with E-state index in [2.05, 4.69) is 0 Å². The van der Waals surface area contributed by atoms with Gasteiger partial charge in [-0.1, -0.05) is 0 Å². The minimum absolute atomic E-state index is 0. The van der Waals surface area contributed by atoms with Gasteiger partial charge in [0.1, 0.15) is 0 Å². The molecule has 8 heteroatoms. The first-order valence-electron chi connectivity index (χ1n) is 0.894. The topological polar surface area (TPSA) is 80.9 Å². The van der Waals surface area contributed by atoms with Crippen molar-refractivity contribution in [3.05, 3.63) is 0 Å². The molecule has 0 aliphatic heterocycles. The number of hydrogen-bond acceptors (Lipinski definition) is 4. The van der Waals surface area contributed by atoms with E-state index in [0.717, 1.165) is 0 Å². The Hall–Kier alpha value is 3.50. The van der Waals surface area contributed by atoms with E-state index in [1.54, 1.807) is 0 Å². The summed E-state index contributed by atoms with van der Waals surface area (Å²) in [4.78, 5) is 29.3. The Kier molecular flexibility index (Phi) is 29.6. The SMILES string of the molecule is O[Si](O)(O)O.[La].[MgH2].[SrH2]. The average Bonchev–Trinajstić information content (AvgIpc) is 0.722. The predicted octanol–water partition coefficient (Wildman–Crippen LogP) is -4.44. The van der Waals surface area contributed by atoms with Gasteiger partial charge in [-0.2, -0.15) is 0 Å². The van der Waals surface area contributed by atoms with Crippen LogP contribution in [-0.4, -0.2) is 96.8 Å². The summed E-state index contributed by atoms with van der Waals surface area (Å²) in [6.07, 6.45) is 0. The monoisotopic (exact) mass is 351 g/mol. The molecule has 0 amide bonds. The third kappa shape index (κ3) is 56.1. The van der Waals surface area contributed by atoms with Crippen molar-refractivity contribution in [1.29, 1.82) is 0 Å². The fourth-order valence-electron chi connectivity index (χ4n) is 0. The zero-order chi connectivity index (χ0) is 4.50. The quantitative estimate of drug-likeness (QED) is 0.332. The molecule has 4 N–H and O–H groups in total. The molecule has 0 aromatic carbocycles. The van der Waals surface area contributed by atoms with Crippen molar-refractivity contribution in [2.75, 3.05) is 0 Å². The average molecular weight is 351 g/mol. The molecular weight excluding hydrogens is 343 g/mol. The van der Waals surface area contributed by atoms with Crippen LogP contribution in [0.2, 0.25) is 0 Å². The summed E-state index contributed by atoms with van der Waals surface area (Å²) in [5, 5.41) is 0. The van der Waals surface area contributed by atoms with E-state index in [1.165, 1.54) is 0 Å². The second-order valence-corrected chi connectivity index (χ2v) is 1.80. The van der Waals surface area contributed by atoms with Gasteiger partial charge < -0.3 is 19.2 Å².